The molecular formula is C20H32O. The fourth-order valence-electron chi connectivity index (χ4n) is 5.49. The van der Waals surface area contributed by atoms with Crippen LogP contribution in [0.25, 0.3) is 0 Å². The predicted octanol–water partition coefficient (Wildman–Crippen LogP) is 5.21. The van der Waals surface area contributed by atoms with E-state index in [0.717, 1.165) is 48.7 Å². The average molecular weight is 288 g/mol. The van der Waals surface area contributed by atoms with E-state index in [0.29, 0.717) is 0 Å². The molecule has 0 bridgehead atoms. The number of hydrogen-bond acceptors (Lipinski definition) is 1. The first-order valence-electron chi connectivity index (χ1n) is 9.64. The van der Waals surface area contributed by atoms with Crippen LogP contribution in [0.1, 0.15) is 64.2 Å². The van der Waals surface area contributed by atoms with E-state index in [-0.39, 0.29) is 0 Å². The number of fused-ring (bicyclic) bond motifs is 1. The lowest BCUT2D eigenvalue weighted by atomic mass is 9.62. The molecule has 0 aromatic carbocycles. The van der Waals surface area contributed by atoms with E-state index < -0.39 is 0 Å². The van der Waals surface area contributed by atoms with Crippen molar-refractivity contribution in [3.63, 3.8) is 0 Å². The molecule has 4 unspecified atom stereocenters. The van der Waals surface area contributed by atoms with Gasteiger partial charge in [0, 0.05) is 13.2 Å². The SMILES string of the molecule is C(=C\C1CCC2CCC2C1)/C1CCC(C2CCOC2)CC1. The minimum absolute atomic E-state index is 0.891. The van der Waals surface area contributed by atoms with Gasteiger partial charge in [0.2, 0.25) is 0 Å². The first-order chi connectivity index (χ1) is 10.4. The first-order valence-corrected chi connectivity index (χ1v) is 9.64. The fourth-order valence-corrected chi connectivity index (χ4v) is 5.49. The van der Waals surface area contributed by atoms with Gasteiger partial charge >= 0.3 is 0 Å². The van der Waals surface area contributed by atoms with Gasteiger partial charge in [0.05, 0.1) is 0 Å². The minimum Gasteiger partial charge on any atom is -0.381 e. The lowest BCUT2D eigenvalue weighted by molar-refractivity contribution is 0.0936. The molecule has 4 fully saturated rings. The highest BCUT2D eigenvalue weighted by molar-refractivity contribution is 4.99. The van der Waals surface area contributed by atoms with Gasteiger partial charge in [-0.3, -0.25) is 0 Å². The summed E-state index contributed by atoms with van der Waals surface area (Å²) in [6.45, 7) is 2.07. The topological polar surface area (TPSA) is 9.23 Å². The van der Waals surface area contributed by atoms with Crippen molar-refractivity contribution < 1.29 is 4.74 Å². The Morgan fingerprint density at radius 3 is 1.86 bits per heavy atom. The van der Waals surface area contributed by atoms with Crippen molar-refractivity contribution in [2.24, 2.45) is 35.5 Å². The molecule has 4 atom stereocenters. The highest BCUT2D eigenvalue weighted by Crippen LogP contribution is 2.47. The largest absolute Gasteiger partial charge is 0.381 e. The molecule has 0 aromatic rings. The van der Waals surface area contributed by atoms with Gasteiger partial charge < -0.3 is 4.74 Å². The fraction of sp³-hybridized carbons (Fsp3) is 0.900. The zero-order chi connectivity index (χ0) is 14.1. The van der Waals surface area contributed by atoms with Crippen molar-refractivity contribution in [1.82, 2.24) is 0 Å². The van der Waals surface area contributed by atoms with E-state index in [2.05, 4.69) is 12.2 Å². The normalized spacial score (nSPS) is 47.2. The summed E-state index contributed by atoms with van der Waals surface area (Å²) < 4.78 is 5.57. The van der Waals surface area contributed by atoms with Gasteiger partial charge in [-0.1, -0.05) is 12.2 Å². The molecule has 3 saturated carbocycles. The maximum Gasteiger partial charge on any atom is 0.0497 e. The van der Waals surface area contributed by atoms with Crippen LogP contribution >= 0.6 is 0 Å². The van der Waals surface area contributed by atoms with Gasteiger partial charge in [-0.25, -0.2) is 0 Å². The molecule has 0 N–H and O–H groups in total. The molecule has 1 heterocycles. The zero-order valence-corrected chi connectivity index (χ0v) is 13.5. The number of rotatable bonds is 3. The second-order valence-corrected chi connectivity index (χ2v) is 8.35. The summed E-state index contributed by atoms with van der Waals surface area (Å²) in [6.07, 6.45) is 19.9. The van der Waals surface area contributed by atoms with E-state index in [1.807, 2.05) is 0 Å². The van der Waals surface area contributed by atoms with Crippen LogP contribution < -0.4 is 0 Å². The van der Waals surface area contributed by atoms with Crippen LogP contribution in [0, 0.1) is 35.5 Å². The van der Waals surface area contributed by atoms with Crippen molar-refractivity contribution in [1.29, 1.82) is 0 Å². The summed E-state index contributed by atoms with van der Waals surface area (Å²) >= 11 is 0. The molecule has 21 heavy (non-hydrogen) atoms. The Morgan fingerprint density at radius 2 is 1.19 bits per heavy atom. The van der Waals surface area contributed by atoms with Crippen molar-refractivity contribution in [3.05, 3.63) is 12.2 Å². The Hall–Kier alpha value is -0.300. The molecule has 4 aliphatic rings. The Balaban J connectivity index is 1.22. The van der Waals surface area contributed by atoms with Gasteiger partial charge in [0.1, 0.15) is 0 Å². The summed E-state index contributed by atoms with van der Waals surface area (Å²) in [4.78, 5) is 0. The molecule has 0 aromatic heterocycles. The molecule has 0 radical (unpaired) electrons. The van der Waals surface area contributed by atoms with Crippen LogP contribution in [0.3, 0.4) is 0 Å². The Labute approximate surface area is 130 Å². The van der Waals surface area contributed by atoms with Gasteiger partial charge in [0.25, 0.3) is 0 Å². The van der Waals surface area contributed by atoms with E-state index in [1.54, 1.807) is 0 Å². The Morgan fingerprint density at radius 1 is 0.571 bits per heavy atom. The van der Waals surface area contributed by atoms with E-state index in [4.69, 9.17) is 4.74 Å². The summed E-state index contributed by atoms with van der Waals surface area (Å²) in [7, 11) is 0. The third-order valence-electron chi connectivity index (χ3n) is 7.19. The number of ether oxygens (including phenoxy) is 1. The monoisotopic (exact) mass is 288 g/mol. The first kappa shape index (κ1) is 14.3. The maximum atomic E-state index is 5.57. The van der Waals surface area contributed by atoms with Gasteiger partial charge in [-0.05, 0) is 99.7 Å². The lowest BCUT2D eigenvalue weighted by Crippen LogP contribution is -2.32. The van der Waals surface area contributed by atoms with Crippen molar-refractivity contribution >= 4 is 0 Å². The second-order valence-electron chi connectivity index (χ2n) is 8.35. The van der Waals surface area contributed by atoms with Crippen LogP contribution in [0.2, 0.25) is 0 Å². The zero-order valence-electron chi connectivity index (χ0n) is 13.5. The molecule has 4 rings (SSSR count). The van der Waals surface area contributed by atoms with E-state index >= 15 is 0 Å². The second kappa shape index (κ2) is 6.44. The van der Waals surface area contributed by atoms with Crippen LogP contribution in [0.15, 0.2) is 12.2 Å². The standard InChI is InChI=1S/C20H32O/c1(2-16-5-8-17-9-10-19(17)13-16)15-3-6-18(7-4-15)20-11-12-21-14-20/h1-2,15-20H,3-14H2/b2-1+. The summed E-state index contributed by atoms with van der Waals surface area (Å²) in [5, 5.41) is 0. The van der Waals surface area contributed by atoms with Crippen molar-refractivity contribution in [2.75, 3.05) is 13.2 Å². The smallest absolute Gasteiger partial charge is 0.0497 e. The van der Waals surface area contributed by atoms with Crippen molar-refractivity contribution in [2.45, 2.75) is 64.2 Å². The van der Waals surface area contributed by atoms with E-state index in [1.165, 1.54) is 64.2 Å². The predicted molar refractivity (Wildman–Crippen MR) is 87.1 cm³/mol. The molecular weight excluding hydrogens is 256 g/mol. The number of allylic oxidation sites excluding steroid dienone is 2. The quantitative estimate of drug-likeness (QED) is 0.648. The highest BCUT2D eigenvalue weighted by Gasteiger charge is 2.36. The maximum absolute atomic E-state index is 5.57. The van der Waals surface area contributed by atoms with Gasteiger partial charge in [-0.15, -0.1) is 0 Å². The summed E-state index contributed by atoms with van der Waals surface area (Å²) in [6, 6.07) is 0. The number of hydrogen-bond donors (Lipinski definition) is 0. The lowest BCUT2D eigenvalue weighted by Gasteiger charge is -2.43. The molecule has 0 spiro atoms. The summed E-state index contributed by atoms with van der Waals surface area (Å²) in [5.41, 5.74) is 0. The van der Waals surface area contributed by atoms with Gasteiger partial charge in [0.15, 0.2) is 0 Å². The molecule has 1 heteroatoms. The molecule has 3 aliphatic carbocycles. The Bertz CT molecular complexity index is 360. The van der Waals surface area contributed by atoms with Crippen molar-refractivity contribution in [3.8, 4) is 0 Å². The van der Waals surface area contributed by atoms with Crippen LogP contribution in [0.5, 0.6) is 0 Å². The molecule has 1 nitrogen and oxygen atoms in total. The molecule has 118 valence electrons. The van der Waals surface area contributed by atoms with Crippen LogP contribution in [0.4, 0.5) is 0 Å². The molecule has 0 amide bonds. The summed E-state index contributed by atoms with van der Waals surface area (Å²) in [5.74, 6) is 5.91. The minimum atomic E-state index is 0.891. The third-order valence-corrected chi connectivity index (χ3v) is 7.19. The van der Waals surface area contributed by atoms with Crippen LogP contribution in [-0.2, 0) is 4.74 Å². The Kier molecular flexibility index (Phi) is 4.39. The van der Waals surface area contributed by atoms with Crippen LogP contribution in [-0.4, -0.2) is 13.2 Å². The highest BCUT2D eigenvalue weighted by atomic mass is 16.5. The molecule has 1 aliphatic heterocycles. The van der Waals surface area contributed by atoms with E-state index in [9.17, 15) is 0 Å². The molecule has 1 saturated heterocycles. The van der Waals surface area contributed by atoms with Gasteiger partial charge in [-0.2, -0.15) is 0 Å². The third kappa shape index (κ3) is 3.23. The average Bonchev–Trinajstić information content (AvgIpc) is 3.02.